The fourth-order valence-electron chi connectivity index (χ4n) is 2.81. The molecule has 1 amide bonds. The lowest BCUT2D eigenvalue weighted by Crippen LogP contribution is -2.31. The summed E-state index contributed by atoms with van der Waals surface area (Å²) in [6.07, 6.45) is 0.931. The van der Waals surface area contributed by atoms with Crippen molar-refractivity contribution < 1.29 is 4.79 Å². The molecule has 0 spiro atoms. The van der Waals surface area contributed by atoms with Crippen molar-refractivity contribution in [3.05, 3.63) is 17.0 Å². The summed E-state index contributed by atoms with van der Waals surface area (Å²) in [5.74, 6) is 0.575. The summed E-state index contributed by atoms with van der Waals surface area (Å²) in [4.78, 5) is 14.2. The Bertz CT molecular complexity index is 465. The van der Waals surface area contributed by atoms with Crippen molar-refractivity contribution in [1.29, 1.82) is 0 Å². The summed E-state index contributed by atoms with van der Waals surface area (Å²) in [5.41, 5.74) is 3.02. The summed E-state index contributed by atoms with van der Waals surface area (Å²) in [6.45, 7) is 5.56. The van der Waals surface area contributed by atoms with E-state index < -0.39 is 0 Å². The van der Waals surface area contributed by atoms with Gasteiger partial charge in [-0.2, -0.15) is 5.10 Å². The van der Waals surface area contributed by atoms with E-state index in [0.717, 1.165) is 49.6 Å². The van der Waals surface area contributed by atoms with Gasteiger partial charge < -0.3 is 10.2 Å². The molecule has 1 N–H and O–H groups in total. The molecule has 0 fully saturated rings. The van der Waals surface area contributed by atoms with Crippen molar-refractivity contribution in [1.82, 2.24) is 20.0 Å². The SMILES string of the molecule is CC1CN(C)C(=O)c2c3c(nn2C1)CCNC3. The molecule has 2 aliphatic heterocycles. The van der Waals surface area contributed by atoms with Gasteiger partial charge in [0.25, 0.3) is 5.91 Å². The lowest BCUT2D eigenvalue weighted by atomic mass is 10.1. The Labute approximate surface area is 101 Å². The van der Waals surface area contributed by atoms with Gasteiger partial charge in [-0.15, -0.1) is 0 Å². The molecule has 5 nitrogen and oxygen atoms in total. The Hall–Kier alpha value is -1.36. The van der Waals surface area contributed by atoms with Crippen LogP contribution in [0, 0.1) is 5.92 Å². The number of amides is 1. The standard InChI is InChI=1S/C12H18N4O/c1-8-6-15(2)12(17)11-9-5-13-4-3-10(9)14-16(11)7-8/h8,13H,3-7H2,1-2H3. The Kier molecular flexibility index (Phi) is 2.43. The number of carbonyl (C=O) groups excluding carboxylic acids is 1. The maximum absolute atomic E-state index is 12.4. The second-order valence-corrected chi connectivity index (χ2v) is 5.17. The first-order valence-electron chi connectivity index (χ1n) is 6.21. The van der Waals surface area contributed by atoms with Gasteiger partial charge in [-0.3, -0.25) is 9.48 Å². The smallest absolute Gasteiger partial charge is 0.272 e. The van der Waals surface area contributed by atoms with Crippen molar-refractivity contribution in [2.75, 3.05) is 20.1 Å². The first kappa shape index (κ1) is 10.8. The highest BCUT2D eigenvalue weighted by atomic mass is 16.2. The minimum atomic E-state index is 0.117. The van der Waals surface area contributed by atoms with Gasteiger partial charge in [-0.25, -0.2) is 0 Å². The lowest BCUT2D eigenvalue weighted by molar-refractivity contribution is 0.0783. The third-order valence-corrected chi connectivity index (χ3v) is 3.59. The third kappa shape index (κ3) is 1.65. The monoisotopic (exact) mass is 234 g/mol. The van der Waals surface area contributed by atoms with Crippen molar-refractivity contribution in [3.63, 3.8) is 0 Å². The van der Waals surface area contributed by atoms with E-state index in [9.17, 15) is 4.79 Å². The van der Waals surface area contributed by atoms with Gasteiger partial charge in [-0.05, 0) is 5.92 Å². The first-order chi connectivity index (χ1) is 8.16. The van der Waals surface area contributed by atoms with E-state index in [1.165, 1.54) is 0 Å². The van der Waals surface area contributed by atoms with Gasteiger partial charge in [0.2, 0.25) is 0 Å². The Morgan fingerprint density at radius 2 is 2.24 bits per heavy atom. The van der Waals surface area contributed by atoms with Crippen LogP contribution in [-0.2, 0) is 19.5 Å². The van der Waals surface area contributed by atoms with Crippen molar-refractivity contribution in [2.24, 2.45) is 5.92 Å². The van der Waals surface area contributed by atoms with Crippen LogP contribution in [0.1, 0.15) is 28.7 Å². The van der Waals surface area contributed by atoms with E-state index in [0.29, 0.717) is 5.92 Å². The quantitative estimate of drug-likeness (QED) is 0.700. The van der Waals surface area contributed by atoms with Crippen molar-refractivity contribution in [2.45, 2.75) is 26.4 Å². The van der Waals surface area contributed by atoms with Crippen LogP contribution in [0.2, 0.25) is 0 Å². The molecule has 0 bridgehead atoms. The fraction of sp³-hybridized carbons (Fsp3) is 0.667. The average Bonchev–Trinajstić information content (AvgIpc) is 2.60. The van der Waals surface area contributed by atoms with E-state index in [1.807, 2.05) is 16.6 Å². The third-order valence-electron chi connectivity index (χ3n) is 3.59. The molecular weight excluding hydrogens is 216 g/mol. The Morgan fingerprint density at radius 3 is 3.06 bits per heavy atom. The number of rotatable bonds is 0. The Balaban J connectivity index is 2.12. The van der Waals surface area contributed by atoms with Gasteiger partial charge in [0, 0.05) is 45.2 Å². The van der Waals surface area contributed by atoms with Crippen LogP contribution in [0.25, 0.3) is 0 Å². The van der Waals surface area contributed by atoms with Crippen molar-refractivity contribution >= 4 is 5.91 Å². The van der Waals surface area contributed by atoms with Gasteiger partial charge in [0.1, 0.15) is 5.69 Å². The summed E-state index contributed by atoms with van der Waals surface area (Å²) in [7, 11) is 1.88. The summed E-state index contributed by atoms with van der Waals surface area (Å²) < 4.78 is 1.92. The molecule has 0 saturated carbocycles. The van der Waals surface area contributed by atoms with Crippen molar-refractivity contribution in [3.8, 4) is 0 Å². The molecule has 17 heavy (non-hydrogen) atoms. The van der Waals surface area contributed by atoms with E-state index >= 15 is 0 Å². The van der Waals surface area contributed by atoms with Gasteiger partial charge in [-0.1, -0.05) is 6.92 Å². The van der Waals surface area contributed by atoms with Crippen LogP contribution in [0.15, 0.2) is 0 Å². The zero-order valence-electron chi connectivity index (χ0n) is 10.4. The molecule has 3 rings (SSSR count). The summed E-state index contributed by atoms with van der Waals surface area (Å²) >= 11 is 0. The Morgan fingerprint density at radius 1 is 1.41 bits per heavy atom. The molecule has 1 aromatic heterocycles. The highest BCUT2D eigenvalue weighted by Crippen LogP contribution is 2.23. The highest BCUT2D eigenvalue weighted by molar-refractivity contribution is 5.94. The van der Waals surface area contributed by atoms with Crippen LogP contribution in [0.4, 0.5) is 0 Å². The molecule has 1 aromatic rings. The number of hydrogen-bond acceptors (Lipinski definition) is 3. The number of aromatic nitrogens is 2. The summed E-state index contributed by atoms with van der Waals surface area (Å²) in [5, 5.41) is 7.94. The minimum absolute atomic E-state index is 0.117. The zero-order valence-corrected chi connectivity index (χ0v) is 10.4. The van der Waals surface area contributed by atoms with Crippen LogP contribution >= 0.6 is 0 Å². The maximum atomic E-state index is 12.4. The van der Waals surface area contributed by atoms with Crippen LogP contribution < -0.4 is 5.32 Å². The average molecular weight is 234 g/mol. The van der Waals surface area contributed by atoms with E-state index in [2.05, 4.69) is 17.3 Å². The molecule has 0 radical (unpaired) electrons. The topological polar surface area (TPSA) is 50.2 Å². The lowest BCUT2D eigenvalue weighted by Gasteiger charge is -2.18. The number of fused-ring (bicyclic) bond motifs is 3. The molecule has 0 saturated heterocycles. The number of nitrogens with zero attached hydrogens (tertiary/aromatic N) is 3. The predicted octanol–water partition coefficient (Wildman–Crippen LogP) is 0.250. The van der Waals surface area contributed by atoms with E-state index in [1.54, 1.807) is 0 Å². The molecule has 2 aliphatic rings. The summed E-state index contributed by atoms with van der Waals surface area (Å²) in [6, 6.07) is 0. The second-order valence-electron chi connectivity index (χ2n) is 5.17. The minimum Gasteiger partial charge on any atom is -0.340 e. The van der Waals surface area contributed by atoms with Crippen LogP contribution in [0.5, 0.6) is 0 Å². The first-order valence-corrected chi connectivity index (χ1v) is 6.21. The van der Waals surface area contributed by atoms with Gasteiger partial charge in [0.05, 0.1) is 5.69 Å². The zero-order chi connectivity index (χ0) is 12.0. The second kappa shape index (κ2) is 3.84. The van der Waals surface area contributed by atoms with E-state index in [4.69, 9.17) is 0 Å². The molecule has 3 heterocycles. The molecule has 1 unspecified atom stereocenters. The molecule has 92 valence electrons. The number of carbonyl (C=O) groups is 1. The molecular formula is C12H18N4O. The number of nitrogens with one attached hydrogen (secondary N) is 1. The van der Waals surface area contributed by atoms with E-state index in [-0.39, 0.29) is 5.91 Å². The highest BCUT2D eigenvalue weighted by Gasteiger charge is 2.30. The molecule has 5 heteroatoms. The largest absolute Gasteiger partial charge is 0.340 e. The number of hydrogen-bond donors (Lipinski definition) is 1. The predicted molar refractivity (Wildman–Crippen MR) is 63.8 cm³/mol. The molecule has 0 aromatic carbocycles. The molecule has 1 atom stereocenters. The normalized spacial score (nSPS) is 24.2. The van der Waals surface area contributed by atoms with Crippen LogP contribution in [0.3, 0.4) is 0 Å². The van der Waals surface area contributed by atoms with Gasteiger partial charge in [0.15, 0.2) is 0 Å². The molecule has 0 aliphatic carbocycles. The maximum Gasteiger partial charge on any atom is 0.272 e. The van der Waals surface area contributed by atoms with Crippen LogP contribution in [-0.4, -0.2) is 40.7 Å². The van der Waals surface area contributed by atoms with Gasteiger partial charge >= 0.3 is 0 Å². The fourth-order valence-corrected chi connectivity index (χ4v) is 2.81.